The average molecular weight is 506 g/mol. The number of anilines is 1. The van der Waals surface area contributed by atoms with Crippen LogP contribution < -0.4 is 16.0 Å². The maximum Gasteiger partial charge on any atom is 0.326 e. The van der Waals surface area contributed by atoms with Crippen molar-refractivity contribution < 1.29 is 14.7 Å². The van der Waals surface area contributed by atoms with Crippen molar-refractivity contribution in [1.82, 2.24) is 20.5 Å². The molecule has 1 unspecified atom stereocenters. The lowest BCUT2D eigenvalue weighted by molar-refractivity contribution is -0.143. The van der Waals surface area contributed by atoms with Crippen molar-refractivity contribution >= 4 is 17.7 Å². The number of pyridine rings is 1. The SMILES string of the molecule is O=C(O)[C@H](CCN1CC(CCc2ccc3c(n2)NCCC3)C1)NC(=O)[C@@H]1CCNC1Cc1ccccc1. The van der Waals surface area contributed by atoms with Crippen LogP contribution in [0.2, 0.25) is 0 Å². The lowest BCUT2D eigenvalue weighted by Gasteiger charge is -2.40. The van der Waals surface area contributed by atoms with E-state index in [9.17, 15) is 14.7 Å². The van der Waals surface area contributed by atoms with Crippen LogP contribution >= 0.6 is 0 Å². The number of carbonyl (C=O) groups is 2. The number of likely N-dealkylation sites (tertiary alicyclic amines) is 1. The molecule has 2 saturated heterocycles. The Labute approximate surface area is 219 Å². The highest BCUT2D eigenvalue weighted by molar-refractivity contribution is 5.85. The molecule has 3 aliphatic rings. The van der Waals surface area contributed by atoms with Crippen molar-refractivity contribution in [2.75, 3.05) is 38.0 Å². The van der Waals surface area contributed by atoms with Crippen molar-refractivity contribution in [2.24, 2.45) is 11.8 Å². The summed E-state index contributed by atoms with van der Waals surface area (Å²) in [5.74, 6) is 0.366. The molecule has 2 aromatic rings. The van der Waals surface area contributed by atoms with Gasteiger partial charge in [-0.1, -0.05) is 36.4 Å². The van der Waals surface area contributed by atoms with E-state index < -0.39 is 12.0 Å². The number of carbonyl (C=O) groups excluding carboxylic acids is 1. The van der Waals surface area contributed by atoms with E-state index >= 15 is 0 Å². The molecule has 3 atom stereocenters. The molecule has 5 rings (SSSR count). The largest absolute Gasteiger partial charge is 0.480 e. The molecule has 2 fully saturated rings. The van der Waals surface area contributed by atoms with Gasteiger partial charge in [0.25, 0.3) is 0 Å². The second-order valence-electron chi connectivity index (χ2n) is 10.8. The molecule has 4 N–H and O–H groups in total. The number of aliphatic carboxylic acids is 1. The molecule has 0 radical (unpaired) electrons. The third-order valence-corrected chi connectivity index (χ3v) is 8.12. The topological polar surface area (TPSA) is 107 Å². The van der Waals surface area contributed by atoms with Gasteiger partial charge in [-0.2, -0.15) is 0 Å². The van der Waals surface area contributed by atoms with Gasteiger partial charge < -0.3 is 26.0 Å². The molecule has 1 amide bonds. The smallest absolute Gasteiger partial charge is 0.326 e. The van der Waals surface area contributed by atoms with Gasteiger partial charge in [0.1, 0.15) is 11.9 Å². The Hall–Kier alpha value is -2.97. The first-order chi connectivity index (χ1) is 18.0. The average Bonchev–Trinajstić information content (AvgIpc) is 3.35. The zero-order chi connectivity index (χ0) is 25.6. The number of carboxylic acids is 1. The van der Waals surface area contributed by atoms with Crippen molar-refractivity contribution in [2.45, 2.75) is 57.0 Å². The number of nitrogens with zero attached hydrogens (tertiary/aromatic N) is 2. The van der Waals surface area contributed by atoms with Crippen molar-refractivity contribution in [3.63, 3.8) is 0 Å². The van der Waals surface area contributed by atoms with Crippen LogP contribution in [0.5, 0.6) is 0 Å². The van der Waals surface area contributed by atoms with Crippen molar-refractivity contribution in [3.8, 4) is 0 Å². The van der Waals surface area contributed by atoms with Gasteiger partial charge in [-0.3, -0.25) is 4.79 Å². The number of amides is 1. The Morgan fingerprint density at radius 2 is 1.97 bits per heavy atom. The number of carboxylic acid groups (broad SMARTS) is 1. The number of hydrogen-bond acceptors (Lipinski definition) is 6. The van der Waals surface area contributed by atoms with Crippen molar-refractivity contribution in [3.05, 3.63) is 59.3 Å². The third kappa shape index (κ3) is 6.67. The van der Waals surface area contributed by atoms with Gasteiger partial charge in [-0.05, 0) is 74.6 Å². The molecule has 1 aromatic heterocycles. The number of aromatic nitrogens is 1. The van der Waals surface area contributed by atoms with E-state index in [1.165, 1.54) is 17.5 Å². The zero-order valence-electron chi connectivity index (χ0n) is 21.5. The molecular weight excluding hydrogens is 466 g/mol. The van der Waals surface area contributed by atoms with Gasteiger partial charge in [0.2, 0.25) is 5.91 Å². The molecule has 1 aromatic carbocycles. The van der Waals surface area contributed by atoms with Gasteiger partial charge in [-0.25, -0.2) is 9.78 Å². The van der Waals surface area contributed by atoms with Crippen LogP contribution in [0.1, 0.15) is 42.5 Å². The Morgan fingerprint density at radius 3 is 2.78 bits per heavy atom. The van der Waals surface area contributed by atoms with Crippen LogP contribution in [0.15, 0.2) is 42.5 Å². The van der Waals surface area contributed by atoms with Crippen LogP contribution in [0.4, 0.5) is 5.82 Å². The molecule has 0 bridgehead atoms. The monoisotopic (exact) mass is 505 g/mol. The van der Waals surface area contributed by atoms with E-state index in [0.29, 0.717) is 18.9 Å². The maximum absolute atomic E-state index is 13.0. The Kier molecular flexibility index (Phi) is 8.36. The molecule has 3 aliphatic heterocycles. The van der Waals surface area contributed by atoms with E-state index in [-0.39, 0.29) is 17.9 Å². The Morgan fingerprint density at radius 1 is 1.14 bits per heavy atom. The lowest BCUT2D eigenvalue weighted by Crippen LogP contribution is -2.51. The predicted molar refractivity (Wildman–Crippen MR) is 144 cm³/mol. The standard InChI is InChI=1S/C29H39N5O3/c35-28(24-12-15-30-26(24)17-20-5-2-1-3-6-20)33-25(29(36)37)13-16-34-18-21(19-34)8-10-23-11-9-22-7-4-14-31-27(22)32-23/h1-3,5-6,9,11,21,24-26,30H,4,7-8,10,12-19H2,(H,31,32)(H,33,35)(H,36,37)/t24-,25+,26?/m1/s1. The fraction of sp³-hybridized carbons (Fsp3) is 0.552. The van der Waals surface area contributed by atoms with Crippen molar-refractivity contribution in [1.29, 1.82) is 0 Å². The van der Waals surface area contributed by atoms with E-state index in [1.54, 1.807) is 0 Å². The normalized spacial score (nSPS) is 22.5. The molecule has 0 spiro atoms. The summed E-state index contributed by atoms with van der Waals surface area (Å²) in [6, 6.07) is 13.7. The lowest BCUT2D eigenvalue weighted by atomic mass is 9.92. The van der Waals surface area contributed by atoms with Crippen LogP contribution in [-0.4, -0.2) is 71.7 Å². The molecule has 8 nitrogen and oxygen atoms in total. The number of benzene rings is 1. The number of aryl methyl sites for hydroxylation is 2. The molecular formula is C29H39N5O3. The molecule has 8 heteroatoms. The summed E-state index contributed by atoms with van der Waals surface area (Å²) in [7, 11) is 0. The highest BCUT2D eigenvalue weighted by atomic mass is 16.4. The minimum atomic E-state index is -0.955. The van der Waals surface area contributed by atoms with Gasteiger partial charge in [0, 0.05) is 37.9 Å². The summed E-state index contributed by atoms with van der Waals surface area (Å²) >= 11 is 0. The summed E-state index contributed by atoms with van der Waals surface area (Å²) in [6.07, 6.45) is 6.28. The second-order valence-corrected chi connectivity index (χ2v) is 10.8. The fourth-order valence-electron chi connectivity index (χ4n) is 5.91. The summed E-state index contributed by atoms with van der Waals surface area (Å²) in [6.45, 7) is 4.43. The predicted octanol–water partition coefficient (Wildman–Crippen LogP) is 2.48. The maximum atomic E-state index is 13.0. The first kappa shape index (κ1) is 25.7. The summed E-state index contributed by atoms with van der Waals surface area (Å²) < 4.78 is 0. The van der Waals surface area contributed by atoms with Crippen LogP contribution in [0, 0.1) is 11.8 Å². The minimum Gasteiger partial charge on any atom is -0.480 e. The third-order valence-electron chi connectivity index (χ3n) is 8.12. The van der Waals surface area contributed by atoms with Gasteiger partial charge in [0.05, 0.1) is 5.92 Å². The first-order valence-electron chi connectivity index (χ1n) is 13.8. The molecule has 4 heterocycles. The van der Waals surface area contributed by atoms with Gasteiger partial charge in [-0.15, -0.1) is 0 Å². The van der Waals surface area contributed by atoms with Crippen LogP contribution in [0.25, 0.3) is 0 Å². The van der Waals surface area contributed by atoms with E-state index in [1.807, 2.05) is 18.2 Å². The molecule has 198 valence electrons. The minimum absolute atomic E-state index is 0.0355. The van der Waals surface area contributed by atoms with E-state index in [2.05, 4.69) is 45.1 Å². The van der Waals surface area contributed by atoms with E-state index in [0.717, 1.165) is 69.8 Å². The van der Waals surface area contributed by atoms with E-state index in [4.69, 9.17) is 4.98 Å². The molecule has 37 heavy (non-hydrogen) atoms. The number of fused-ring (bicyclic) bond motifs is 1. The zero-order valence-corrected chi connectivity index (χ0v) is 21.5. The summed E-state index contributed by atoms with van der Waals surface area (Å²) in [5.41, 5.74) is 3.65. The molecule has 0 aliphatic carbocycles. The summed E-state index contributed by atoms with van der Waals surface area (Å²) in [5, 5.41) is 19.4. The highest BCUT2D eigenvalue weighted by Crippen LogP contribution is 2.24. The fourth-order valence-corrected chi connectivity index (χ4v) is 5.91. The van der Waals surface area contributed by atoms with Gasteiger partial charge >= 0.3 is 5.97 Å². The van der Waals surface area contributed by atoms with Gasteiger partial charge in [0.15, 0.2) is 0 Å². The second kappa shape index (κ2) is 12.0. The molecule has 0 saturated carbocycles. The number of hydrogen-bond donors (Lipinski definition) is 4. The number of nitrogens with one attached hydrogen (secondary N) is 3. The van der Waals surface area contributed by atoms with Crippen LogP contribution in [-0.2, 0) is 28.9 Å². The summed E-state index contributed by atoms with van der Waals surface area (Å²) in [4.78, 5) is 32.0. The quantitative estimate of drug-likeness (QED) is 0.372. The van der Waals surface area contributed by atoms with Crippen LogP contribution in [0.3, 0.4) is 0 Å². The highest BCUT2D eigenvalue weighted by Gasteiger charge is 2.35. The Bertz CT molecular complexity index is 1070. The Balaban J connectivity index is 1.03. The number of rotatable bonds is 11. The first-order valence-corrected chi connectivity index (χ1v) is 13.8.